The molecule has 0 heterocycles. The third kappa shape index (κ3) is 12.6. The molecule has 1 unspecified atom stereocenters. The number of quaternary nitrogens is 1. The fourth-order valence-electron chi connectivity index (χ4n) is 0.681. The summed E-state index contributed by atoms with van der Waals surface area (Å²) in [4.78, 5) is 0. The van der Waals surface area contributed by atoms with Crippen molar-refractivity contribution in [3.63, 3.8) is 0 Å². The molecule has 0 radical (unpaired) electrons. The van der Waals surface area contributed by atoms with Crippen molar-refractivity contribution in [2.75, 3.05) is 20.6 Å². The van der Waals surface area contributed by atoms with Crippen LogP contribution in [0.5, 0.6) is 0 Å². The zero-order valence-corrected chi connectivity index (χ0v) is 7.42. The van der Waals surface area contributed by atoms with Gasteiger partial charge in [0.2, 0.25) is 0 Å². The van der Waals surface area contributed by atoms with Gasteiger partial charge in [0, 0.05) is 0 Å². The molecule has 0 aliphatic rings. The lowest BCUT2D eigenvalue weighted by Crippen LogP contribution is -2.33. The summed E-state index contributed by atoms with van der Waals surface area (Å²) in [5.74, 6) is 0.575. The molecular formula is C10H26NO-. The Bertz CT molecular complexity index is 86.3. The Hall–Kier alpha value is -0.0800. The van der Waals surface area contributed by atoms with Gasteiger partial charge in [-0.15, -0.1) is 0 Å². The Morgan fingerprint density at radius 1 is 1.33 bits per heavy atom. The lowest BCUT2D eigenvalue weighted by molar-refractivity contribution is -0.840. The van der Waals surface area contributed by atoms with E-state index in [9.17, 15) is 5.21 Å². The smallest absolute Gasteiger partial charge is 0.0757 e. The zero-order chi connectivity index (χ0) is 8.20. The van der Waals surface area contributed by atoms with E-state index in [0.29, 0.717) is 12.5 Å². The minimum atomic E-state index is -0.168. The first-order valence-corrected chi connectivity index (χ1v) is 3.79. The lowest BCUT2D eigenvalue weighted by Gasteiger charge is -2.35. The predicted molar refractivity (Wildman–Crippen MR) is 57.6 cm³/mol. The van der Waals surface area contributed by atoms with Crippen LogP contribution in [0.1, 0.15) is 35.1 Å². The average Bonchev–Trinajstić information content (AvgIpc) is 1.81. The molecule has 0 aromatic rings. The van der Waals surface area contributed by atoms with Crippen LogP contribution in [-0.2, 0) is 0 Å². The molecule has 0 aliphatic carbocycles. The Morgan fingerprint density at radius 3 is 2.00 bits per heavy atom. The minimum absolute atomic E-state index is 0. The second kappa shape index (κ2) is 7.56. The fourth-order valence-corrected chi connectivity index (χ4v) is 0.681. The Labute approximate surface area is 78.8 Å². The van der Waals surface area contributed by atoms with E-state index in [0.717, 1.165) is 6.42 Å². The molecule has 0 saturated heterocycles. The normalized spacial score (nSPS) is 12.8. The second-order valence-electron chi connectivity index (χ2n) is 3.40. The average molecular weight is 176 g/mol. The van der Waals surface area contributed by atoms with Gasteiger partial charge in [-0.1, -0.05) is 21.8 Å². The van der Waals surface area contributed by atoms with Crippen LogP contribution in [0.3, 0.4) is 0 Å². The maximum absolute atomic E-state index is 11.0. The molecule has 0 spiro atoms. The van der Waals surface area contributed by atoms with Crippen LogP contribution in [0.4, 0.5) is 0 Å². The van der Waals surface area contributed by atoms with Crippen molar-refractivity contribution in [3.8, 4) is 0 Å². The molecule has 0 N–H and O–H groups in total. The third-order valence-electron chi connectivity index (χ3n) is 1.69. The van der Waals surface area contributed by atoms with Gasteiger partial charge in [0.15, 0.2) is 0 Å². The molecule has 0 aromatic heterocycles. The summed E-state index contributed by atoms with van der Waals surface area (Å²) in [6.45, 7) is 4.89. The van der Waals surface area contributed by atoms with Crippen LogP contribution in [0, 0.1) is 17.5 Å². The molecule has 2 heteroatoms. The standard InChI is InChI=1S/C8H18NO.2CH4/c1-5-8(2)6-7-9(3,4)10;;/h5,8H,6-7H2,1-4H3;2*1H4/q-1;;. The van der Waals surface area contributed by atoms with Gasteiger partial charge in [0.05, 0.1) is 20.6 Å². The van der Waals surface area contributed by atoms with Crippen LogP contribution in [0.15, 0.2) is 0 Å². The van der Waals surface area contributed by atoms with Gasteiger partial charge in [0.25, 0.3) is 0 Å². The summed E-state index contributed by atoms with van der Waals surface area (Å²) < 4.78 is -0.168. The quantitative estimate of drug-likeness (QED) is 0.367. The molecular weight excluding hydrogens is 150 g/mol. The van der Waals surface area contributed by atoms with E-state index < -0.39 is 0 Å². The van der Waals surface area contributed by atoms with E-state index >= 15 is 0 Å². The Kier molecular flexibility index (Phi) is 11.3. The van der Waals surface area contributed by atoms with Crippen molar-refractivity contribution in [1.29, 1.82) is 0 Å². The van der Waals surface area contributed by atoms with E-state index in [4.69, 9.17) is 0 Å². The highest BCUT2D eigenvalue weighted by Gasteiger charge is 2.00. The van der Waals surface area contributed by atoms with Crippen molar-refractivity contribution < 1.29 is 4.65 Å². The summed E-state index contributed by atoms with van der Waals surface area (Å²) >= 11 is 0. The summed E-state index contributed by atoms with van der Waals surface area (Å²) in [6.07, 6.45) is 3.13. The number of nitrogens with zero attached hydrogens (tertiary/aromatic N) is 1. The van der Waals surface area contributed by atoms with Gasteiger partial charge in [-0.3, -0.25) is 0 Å². The number of hydrogen-bond acceptors (Lipinski definition) is 1. The zero-order valence-electron chi connectivity index (χ0n) is 7.42. The SMILES string of the molecule is C.C.C[CH-]C(C)CC[N+](C)(C)[O-]. The first-order valence-electron chi connectivity index (χ1n) is 3.79. The molecule has 0 bridgehead atoms. The lowest BCUT2D eigenvalue weighted by atomic mass is 10.1. The monoisotopic (exact) mass is 176 g/mol. The molecule has 2 nitrogen and oxygen atoms in total. The van der Waals surface area contributed by atoms with E-state index in [1.807, 2.05) is 6.92 Å². The molecule has 12 heavy (non-hydrogen) atoms. The Morgan fingerprint density at radius 2 is 1.75 bits per heavy atom. The second-order valence-corrected chi connectivity index (χ2v) is 3.40. The highest BCUT2D eigenvalue weighted by Crippen LogP contribution is 2.07. The van der Waals surface area contributed by atoms with Gasteiger partial charge >= 0.3 is 0 Å². The Balaban J connectivity index is -0.000000405. The molecule has 0 aliphatic heterocycles. The first-order chi connectivity index (χ1) is 4.45. The molecule has 78 valence electrons. The number of hydrogen-bond donors (Lipinski definition) is 0. The maximum atomic E-state index is 11.0. The van der Waals surface area contributed by atoms with Crippen molar-refractivity contribution >= 4 is 0 Å². The van der Waals surface area contributed by atoms with Crippen LogP contribution in [0.2, 0.25) is 0 Å². The highest BCUT2D eigenvalue weighted by molar-refractivity contribution is 4.65. The van der Waals surface area contributed by atoms with E-state index in [1.165, 1.54) is 0 Å². The fraction of sp³-hybridized carbons (Fsp3) is 0.900. The minimum Gasteiger partial charge on any atom is -0.633 e. The summed E-state index contributed by atoms with van der Waals surface area (Å²) in [5, 5.41) is 11.0. The van der Waals surface area contributed by atoms with Gasteiger partial charge < -0.3 is 16.3 Å². The van der Waals surface area contributed by atoms with Gasteiger partial charge in [-0.2, -0.15) is 12.8 Å². The van der Waals surface area contributed by atoms with Crippen LogP contribution in [0.25, 0.3) is 0 Å². The number of hydroxylamine groups is 3. The molecule has 0 aromatic carbocycles. The molecule has 1 atom stereocenters. The van der Waals surface area contributed by atoms with Crippen LogP contribution in [-0.4, -0.2) is 25.3 Å². The van der Waals surface area contributed by atoms with Gasteiger partial charge in [-0.25, -0.2) is 0 Å². The highest BCUT2D eigenvalue weighted by atomic mass is 16.5. The van der Waals surface area contributed by atoms with Crippen molar-refractivity contribution in [1.82, 2.24) is 0 Å². The first kappa shape index (κ1) is 17.9. The molecule has 0 amide bonds. The van der Waals surface area contributed by atoms with E-state index in [-0.39, 0.29) is 19.5 Å². The van der Waals surface area contributed by atoms with Crippen molar-refractivity contribution in [2.45, 2.75) is 35.1 Å². The van der Waals surface area contributed by atoms with E-state index in [1.54, 1.807) is 14.1 Å². The third-order valence-corrected chi connectivity index (χ3v) is 1.69. The van der Waals surface area contributed by atoms with Crippen molar-refractivity contribution in [2.24, 2.45) is 5.92 Å². The van der Waals surface area contributed by atoms with Crippen LogP contribution < -0.4 is 0 Å². The predicted octanol–water partition coefficient (Wildman–Crippen LogP) is 3.08. The van der Waals surface area contributed by atoms with E-state index in [2.05, 4.69) is 13.3 Å². The molecule has 0 rings (SSSR count). The largest absolute Gasteiger partial charge is 0.633 e. The molecule has 0 fully saturated rings. The maximum Gasteiger partial charge on any atom is 0.0757 e. The van der Waals surface area contributed by atoms with Crippen molar-refractivity contribution in [3.05, 3.63) is 11.6 Å². The molecule has 0 saturated carbocycles. The summed E-state index contributed by atoms with van der Waals surface area (Å²) in [5.41, 5.74) is 0. The summed E-state index contributed by atoms with van der Waals surface area (Å²) in [7, 11) is 3.37. The van der Waals surface area contributed by atoms with Gasteiger partial charge in [0.1, 0.15) is 0 Å². The topological polar surface area (TPSA) is 23.1 Å². The van der Waals surface area contributed by atoms with Gasteiger partial charge in [-0.05, 0) is 6.42 Å². The van der Waals surface area contributed by atoms with Crippen LogP contribution >= 0.6 is 0 Å². The number of rotatable bonds is 4. The summed E-state index contributed by atoms with van der Waals surface area (Å²) in [6, 6.07) is 0.